The molecule has 1 aromatic carbocycles. The third kappa shape index (κ3) is 3.48. The zero-order valence-electron chi connectivity index (χ0n) is 13.7. The fraction of sp³-hybridized carbons (Fsp3) is 0.421. The first-order valence-corrected chi connectivity index (χ1v) is 8.10. The number of hydrogen-bond donors (Lipinski definition) is 2. The molecule has 1 aliphatic rings. The Bertz CT molecular complexity index is 622. The summed E-state index contributed by atoms with van der Waals surface area (Å²) in [6, 6.07) is 1.86. The van der Waals surface area contributed by atoms with Crippen molar-refractivity contribution in [1.82, 2.24) is 0 Å². The lowest BCUT2D eigenvalue weighted by molar-refractivity contribution is -0.119. The summed E-state index contributed by atoms with van der Waals surface area (Å²) >= 11 is 0. The Hall–Kier alpha value is -2.07. The molecule has 0 spiro atoms. The number of fused-ring (bicyclic) bond motifs is 1. The molecule has 1 aliphatic heterocycles. The Balaban J connectivity index is 2.57. The van der Waals surface area contributed by atoms with E-state index in [9.17, 15) is 15.0 Å². The van der Waals surface area contributed by atoms with Gasteiger partial charge in [0.15, 0.2) is 0 Å². The highest BCUT2D eigenvalue weighted by Crippen LogP contribution is 2.39. The van der Waals surface area contributed by atoms with Crippen molar-refractivity contribution >= 4 is 11.6 Å². The van der Waals surface area contributed by atoms with Gasteiger partial charge in [0.2, 0.25) is 5.91 Å². The van der Waals surface area contributed by atoms with E-state index in [4.69, 9.17) is 0 Å². The predicted octanol–water partition coefficient (Wildman–Crippen LogP) is 2.90. The Morgan fingerprint density at radius 3 is 2.61 bits per heavy atom. The van der Waals surface area contributed by atoms with Crippen LogP contribution >= 0.6 is 0 Å². The molecule has 124 valence electrons. The van der Waals surface area contributed by atoms with Gasteiger partial charge in [0.1, 0.15) is 5.75 Å². The summed E-state index contributed by atoms with van der Waals surface area (Å²) in [6.07, 6.45) is 5.62. The minimum absolute atomic E-state index is 0.0183. The molecule has 0 aliphatic carbocycles. The van der Waals surface area contributed by atoms with E-state index in [1.807, 2.05) is 13.0 Å². The van der Waals surface area contributed by atoms with Crippen molar-refractivity contribution in [3.8, 4) is 5.75 Å². The summed E-state index contributed by atoms with van der Waals surface area (Å²) in [5.74, 6) is 0.290. The molecule has 4 heteroatoms. The average Bonchev–Trinajstić information content (AvgIpc) is 2.54. The summed E-state index contributed by atoms with van der Waals surface area (Å²) in [5.41, 5.74) is 3.37. The quantitative estimate of drug-likeness (QED) is 0.761. The van der Waals surface area contributed by atoms with Crippen molar-refractivity contribution < 1.29 is 15.0 Å². The van der Waals surface area contributed by atoms with E-state index in [0.717, 1.165) is 22.4 Å². The number of benzene rings is 1. The van der Waals surface area contributed by atoms with Gasteiger partial charge in [-0.15, -0.1) is 13.2 Å². The number of aromatic hydroxyl groups is 1. The normalized spacial score (nSPS) is 15.2. The number of aliphatic hydroxyl groups is 1. The number of carbonyl (C=O) groups excluding carboxylic acids is 1. The predicted molar refractivity (Wildman–Crippen MR) is 92.9 cm³/mol. The maximum absolute atomic E-state index is 12.3. The molecule has 1 heterocycles. The zero-order valence-corrected chi connectivity index (χ0v) is 13.7. The molecule has 0 radical (unpaired) electrons. The fourth-order valence-electron chi connectivity index (χ4n) is 3.05. The molecule has 1 aromatic rings. The third-order valence-corrected chi connectivity index (χ3v) is 4.33. The largest absolute Gasteiger partial charge is 0.507 e. The highest BCUT2D eigenvalue weighted by molar-refractivity contribution is 5.97. The maximum Gasteiger partial charge on any atom is 0.227 e. The Kier molecular flexibility index (Phi) is 5.61. The van der Waals surface area contributed by atoms with Crippen molar-refractivity contribution in [2.24, 2.45) is 0 Å². The molecule has 0 saturated carbocycles. The van der Waals surface area contributed by atoms with E-state index in [-0.39, 0.29) is 18.2 Å². The van der Waals surface area contributed by atoms with Gasteiger partial charge in [-0.25, -0.2) is 0 Å². The first-order chi connectivity index (χ1) is 11.0. The van der Waals surface area contributed by atoms with Crippen LogP contribution in [0.15, 0.2) is 31.4 Å². The lowest BCUT2D eigenvalue weighted by Crippen LogP contribution is -2.40. The number of β-amino-alcohol motifs (C(OH)–C–C–N with tert-alkyl or cyclic N) is 1. The molecule has 0 fully saturated rings. The minimum atomic E-state index is -0.551. The monoisotopic (exact) mass is 315 g/mol. The van der Waals surface area contributed by atoms with Crippen LogP contribution in [0.2, 0.25) is 0 Å². The summed E-state index contributed by atoms with van der Waals surface area (Å²) in [4.78, 5) is 14.0. The van der Waals surface area contributed by atoms with Crippen LogP contribution in [0.3, 0.4) is 0 Å². The molecule has 1 amide bonds. The van der Waals surface area contributed by atoms with Crippen LogP contribution < -0.4 is 4.90 Å². The highest BCUT2D eigenvalue weighted by Gasteiger charge is 2.29. The molecular formula is C19H25NO3. The van der Waals surface area contributed by atoms with Crippen LogP contribution in [0.25, 0.3) is 0 Å². The number of phenolic OH excluding ortho intramolecular Hbond substituents is 1. The van der Waals surface area contributed by atoms with Gasteiger partial charge >= 0.3 is 0 Å². The third-order valence-electron chi connectivity index (χ3n) is 4.33. The average molecular weight is 315 g/mol. The number of allylic oxidation sites excluding steroid dienone is 2. The Morgan fingerprint density at radius 2 is 2.00 bits per heavy atom. The lowest BCUT2D eigenvalue weighted by Gasteiger charge is -2.33. The topological polar surface area (TPSA) is 60.8 Å². The molecule has 1 atom stereocenters. The SMILES string of the molecule is C=CCc1cc2c(c(CC=C)c1O)CCC(=O)N2CC(O)CC. The number of phenols is 1. The van der Waals surface area contributed by atoms with Crippen molar-refractivity contribution in [2.75, 3.05) is 11.4 Å². The van der Waals surface area contributed by atoms with E-state index in [1.165, 1.54) is 0 Å². The molecule has 0 bridgehead atoms. The molecule has 2 rings (SSSR count). The number of rotatable bonds is 7. The van der Waals surface area contributed by atoms with E-state index in [2.05, 4.69) is 13.2 Å². The zero-order chi connectivity index (χ0) is 17.0. The second kappa shape index (κ2) is 7.47. The van der Waals surface area contributed by atoms with Crippen LogP contribution in [0.1, 0.15) is 36.5 Å². The molecule has 2 N–H and O–H groups in total. The maximum atomic E-state index is 12.3. The van der Waals surface area contributed by atoms with Crippen LogP contribution in [0.5, 0.6) is 5.75 Å². The molecule has 0 saturated heterocycles. The van der Waals surface area contributed by atoms with E-state index in [1.54, 1.807) is 17.1 Å². The Labute approximate surface area is 137 Å². The summed E-state index contributed by atoms with van der Waals surface area (Å²) < 4.78 is 0. The number of anilines is 1. The summed E-state index contributed by atoms with van der Waals surface area (Å²) in [5, 5.41) is 20.5. The summed E-state index contributed by atoms with van der Waals surface area (Å²) in [7, 11) is 0. The smallest absolute Gasteiger partial charge is 0.227 e. The van der Waals surface area contributed by atoms with Gasteiger partial charge < -0.3 is 15.1 Å². The van der Waals surface area contributed by atoms with Gasteiger partial charge in [0.05, 0.1) is 12.6 Å². The first-order valence-electron chi connectivity index (χ1n) is 8.10. The van der Waals surface area contributed by atoms with Gasteiger partial charge in [-0.2, -0.15) is 0 Å². The van der Waals surface area contributed by atoms with E-state index in [0.29, 0.717) is 32.1 Å². The van der Waals surface area contributed by atoms with Gasteiger partial charge in [0, 0.05) is 17.7 Å². The fourth-order valence-corrected chi connectivity index (χ4v) is 3.05. The number of carbonyl (C=O) groups is 1. The van der Waals surface area contributed by atoms with Crippen LogP contribution in [-0.2, 0) is 24.1 Å². The molecule has 23 heavy (non-hydrogen) atoms. The molecule has 0 aromatic heterocycles. The Morgan fingerprint density at radius 1 is 1.30 bits per heavy atom. The standard InChI is InChI=1S/C19H25NO3/c1-4-7-13-11-17-15(16(8-5-2)19(13)23)9-10-18(22)20(17)12-14(21)6-3/h4-5,11,14,21,23H,1-2,6-10,12H2,3H3. The van der Waals surface area contributed by atoms with Crippen molar-refractivity contribution in [2.45, 2.75) is 45.1 Å². The number of aliphatic hydroxyl groups excluding tert-OH is 1. The van der Waals surface area contributed by atoms with E-state index >= 15 is 0 Å². The second-order valence-electron chi connectivity index (χ2n) is 5.91. The molecular weight excluding hydrogens is 290 g/mol. The number of amides is 1. The van der Waals surface area contributed by atoms with Gasteiger partial charge in [-0.1, -0.05) is 19.1 Å². The number of hydrogen-bond acceptors (Lipinski definition) is 3. The van der Waals surface area contributed by atoms with Crippen molar-refractivity contribution in [3.05, 3.63) is 48.1 Å². The van der Waals surface area contributed by atoms with Gasteiger partial charge in [-0.3, -0.25) is 4.79 Å². The van der Waals surface area contributed by atoms with Crippen molar-refractivity contribution in [1.29, 1.82) is 0 Å². The van der Waals surface area contributed by atoms with Crippen LogP contribution in [0, 0.1) is 0 Å². The first kappa shape index (κ1) is 17.3. The highest BCUT2D eigenvalue weighted by atomic mass is 16.3. The number of nitrogens with zero attached hydrogens (tertiary/aromatic N) is 1. The molecule has 4 nitrogen and oxygen atoms in total. The second-order valence-corrected chi connectivity index (χ2v) is 5.91. The van der Waals surface area contributed by atoms with Crippen molar-refractivity contribution in [3.63, 3.8) is 0 Å². The van der Waals surface area contributed by atoms with Crippen LogP contribution in [-0.4, -0.2) is 28.8 Å². The van der Waals surface area contributed by atoms with Gasteiger partial charge in [-0.05, 0) is 42.9 Å². The summed E-state index contributed by atoms with van der Waals surface area (Å²) in [6.45, 7) is 9.67. The van der Waals surface area contributed by atoms with Gasteiger partial charge in [0.25, 0.3) is 0 Å². The van der Waals surface area contributed by atoms with E-state index < -0.39 is 6.10 Å². The lowest BCUT2D eigenvalue weighted by atomic mass is 9.90. The van der Waals surface area contributed by atoms with Crippen LogP contribution in [0.4, 0.5) is 5.69 Å². The minimum Gasteiger partial charge on any atom is -0.507 e. The molecule has 1 unspecified atom stereocenters.